The van der Waals surface area contributed by atoms with Crippen LogP contribution >= 0.6 is 0 Å². The summed E-state index contributed by atoms with van der Waals surface area (Å²) in [7, 11) is 0. The Hall–Kier alpha value is -2.32. The molecule has 21 heavy (non-hydrogen) atoms. The molecule has 8 nitrogen and oxygen atoms in total. The summed E-state index contributed by atoms with van der Waals surface area (Å²) in [6.45, 7) is 0.780. The fraction of sp³-hybridized carbons (Fsp3) is 0.385. The van der Waals surface area contributed by atoms with Crippen LogP contribution < -0.4 is 0 Å². The van der Waals surface area contributed by atoms with Crippen molar-refractivity contribution in [2.24, 2.45) is 0 Å². The number of nitrogens with zero attached hydrogens (tertiary/aromatic N) is 3. The summed E-state index contributed by atoms with van der Waals surface area (Å²) >= 11 is 0. The molecule has 1 aliphatic rings. The van der Waals surface area contributed by atoms with E-state index in [1.807, 2.05) is 0 Å². The Labute approximate surface area is 119 Å². The highest BCUT2D eigenvalue weighted by Crippen LogP contribution is 2.30. The number of benzene rings is 1. The Morgan fingerprint density at radius 1 is 1.38 bits per heavy atom. The second kappa shape index (κ2) is 5.58. The van der Waals surface area contributed by atoms with E-state index < -0.39 is 16.9 Å². The number of rotatable bonds is 3. The maximum absolute atomic E-state index is 11.0. The van der Waals surface area contributed by atoms with Crippen molar-refractivity contribution in [3.05, 3.63) is 40.3 Å². The van der Waals surface area contributed by atoms with Crippen molar-refractivity contribution in [1.29, 1.82) is 0 Å². The zero-order valence-electron chi connectivity index (χ0n) is 11.0. The molecule has 2 atom stereocenters. The summed E-state index contributed by atoms with van der Waals surface area (Å²) < 4.78 is 10.4. The number of aliphatic hydroxyl groups is 1. The van der Waals surface area contributed by atoms with E-state index in [1.54, 1.807) is 18.2 Å². The van der Waals surface area contributed by atoms with E-state index >= 15 is 0 Å². The first-order chi connectivity index (χ1) is 10.2. The van der Waals surface area contributed by atoms with Gasteiger partial charge in [0.25, 0.3) is 5.69 Å². The number of para-hydroxylation sites is 1. The van der Waals surface area contributed by atoms with Gasteiger partial charge in [-0.25, -0.2) is 0 Å². The minimum Gasteiger partial charge on any atom is -0.392 e. The zero-order valence-corrected chi connectivity index (χ0v) is 11.0. The summed E-state index contributed by atoms with van der Waals surface area (Å²) in [6, 6.07) is 6.17. The Kier molecular flexibility index (Phi) is 3.63. The summed E-state index contributed by atoms with van der Waals surface area (Å²) in [5.41, 5.74) is 0.189. The Bertz CT molecular complexity index is 657. The molecule has 2 aromatic rings. The average molecular weight is 291 g/mol. The highest BCUT2D eigenvalue weighted by atomic mass is 16.6. The topological polar surface area (TPSA) is 112 Å². The van der Waals surface area contributed by atoms with Gasteiger partial charge in [-0.15, -0.1) is 0 Å². The van der Waals surface area contributed by atoms with E-state index in [4.69, 9.17) is 9.26 Å². The second-order valence-electron chi connectivity index (χ2n) is 4.77. The van der Waals surface area contributed by atoms with Gasteiger partial charge in [-0.05, 0) is 12.5 Å². The van der Waals surface area contributed by atoms with Crippen molar-refractivity contribution in [2.45, 2.75) is 18.4 Å². The highest BCUT2D eigenvalue weighted by Gasteiger charge is 2.31. The van der Waals surface area contributed by atoms with Crippen LogP contribution in [0.3, 0.4) is 0 Å². The van der Waals surface area contributed by atoms with Crippen molar-refractivity contribution in [3.63, 3.8) is 0 Å². The highest BCUT2D eigenvalue weighted by molar-refractivity contribution is 5.67. The normalized spacial score (nSPS) is 22.1. The van der Waals surface area contributed by atoms with Crippen molar-refractivity contribution >= 4 is 5.69 Å². The molecule has 0 saturated carbocycles. The van der Waals surface area contributed by atoms with Crippen LogP contribution in [0.15, 0.2) is 28.8 Å². The molecular formula is C13H13N3O5. The molecule has 8 heteroatoms. The van der Waals surface area contributed by atoms with Crippen molar-refractivity contribution in [2.75, 3.05) is 13.2 Å². The fourth-order valence-electron chi connectivity index (χ4n) is 2.28. The van der Waals surface area contributed by atoms with Crippen molar-refractivity contribution in [1.82, 2.24) is 10.1 Å². The van der Waals surface area contributed by atoms with Gasteiger partial charge in [0.15, 0.2) is 0 Å². The van der Waals surface area contributed by atoms with E-state index in [2.05, 4.69) is 10.1 Å². The molecule has 1 saturated heterocycles. The lowest BCUT2D eigenvalue weighted by Gasteiger charge is -2.24. The van der Waals surface area contributed by atoms with Gasteiger partial charge in [-0.2, -0.15) is 4.98 Å². The van der Waals surface area contributed by atoms with Gasteiger partial charge in [-0.1, -0.05) is 17.3 Å². The van der Waals surface area contributed by atoms with Crippen molar-refractivity contribution < 1.29 is 19.3 Å². The molecule has 1 aliphatic heterocycles. The van der Waals surface area contributed by atoms with Crippen LogP contribution in [0.5, 0.6) is 0 Å². The van der Waals surface area contributed by atoms with Gasteiger partial charge in [0.05, 0.1) is 23.6 Å². The molecule has 0 bridgehead atoms. The zero-order chi connectivity index (χ0) is 14.8. The molecule has 0 aliphatic carbocycles. The molecule has 2 heterocycles. The maximum Gasteiger partial charge on any atom is 0.280 e. The van der Waals surface area contributed by atoms with Crippen LogP contribution in [0, 0.1) is 10.1 Å². The third-order valence-corrected chi connectivity index (χ3v) is 3.42. The maximum atomic E-state index is 11.0. The molecule has 0 amide bonds. The molecular weight excluding hydrogens is 278 g/mol. The van der Waals surface area contributed by atoms with Crippen LogP contribution in [0.25, 0.3) is 11.4 Å². The lowest BCUT2D eigenvalue weighted by molar-refractivity contribution is -0.384. The van der Waals surface area contributed by atoms with E-state index in [-0.39, 0.29) is 23.0 Å². The molecule has 1 fully saturated rings. The van der Waals surface area contributed by atoms with Crippen LogP contribution in [-0.2, 0) is 4.74 Å². The fourth-order valence-corrected chi connectivity index (χ4v) is 2.28. The third kappa shape index (κ3) is 2.63. The number of aliphatic hydroxyl groups excluding tert-OH is 1. The number of hydrogen-bond acceptors (Lipinski definition) is 7. The molecule has 1 aromatic carbocycles. The number of aromatic nitrogens is 2. The summed E-state index contributed by atoms with van der Waals surface area (Å²) in [6.07, 6.45) is -0.119. The molecule has 1 aromatic heterocycles. The second-order valence-corrected chi connectivity index (χ2v) is 4.77. The van der Waals surface area contributed by atoms with Gasteiger partial charge >= 0.3 is 0 Å². The minimum absolute atomic E-state index is 0.0923. The first kappa shape index (κ1) is 13.7. The largest absolute Gasteiger partial charge is 0.392 e. The predicted molar refractivity (Wildman–Crippen MR) is 70.6 cm³/mol. The van der Waals surface area contributed by atoms with Crippen LogP contribution in [0.1, 0.15) is 18.2 Å². The van der Waals surface area contributed by atoms with Gasteiger partial charge in [0.2, 0.25) is 11.7 Å². The number of nitro groups is 1. The van der Waals surface area contributed by atoms with Crippen LogP contribution in [0.2, 0.25) is 0 Å². The first-order valence-corrected chi connectivity index (χ1v) is 6.50. The standard InChI is InChI=1S/C13H13N3O5/c17-11-5-6-20-7-9(11)13-14-12(15-21-13)8-3-1-2-4-10(8)16(18)19/h1-4,9,11,17H,5-7H2. The SMILES string of the molecule is O=[N+]([O-])c1ccccc1-c1noc(C2COCCC2O)n1. The van der Waals surface area contributed by atoms with Gasteiger partial charge in [0, 0.05) is 12.7 Å². The number of nitro benzene ring substituents is 1. The van der Waals surface area contributed by atoms with E-state index in [0.29, 0.717) is 19.6 Å². The van der Waals surface area contributed by atoms with Crippen molar-refractivity contribution in [3.8, 4) is 11.4 Å². The number of hydrogen-bond donors (Lipinski definition) is 1. The summed E-state index contributed by atoms with van der Waals surface area (Å²) in [5.74, 6) is -0.0341. The Morgan fingerprint density at radius 3 is 2.95 bits per heavy atom. The smallest absolute Gasteiger partial charge is 0.280 e. The first-order valence-electron chi connectivity index (χ1n) is 6.50. The lowest BCUT2D eigenvalue weighted by atomic mass is 9.99. The molecule has 3 rings (SSSR count). The van der Waals surface area contributed by atoms with Gasteiger partial charge in [0.1, 0.15) is 5.56 Å². The number of ether oxygens (including phenoxy) is 1. The Morgan fingerprint density at radius 2 is 2.19 bits per heavy atom. The summed E-state index contributed by atoms with van der Waals surface area (Å²) in [5, 5.41) is 24.7. The molecule has 0 radical (unpaired) electrons. The minimum atomic E-state index is -0.613. The molecule has 0 spiro atoms. The Balaban J connectivity index is 1.93. The molecule has 2 unspecified atom stereocenters. The van der Waals surface area contributed by atoms with E-state index in [9.17, 15) is 15.2 Å². The average Bonchev–Trinajstić information content (AvgIpc) is 2.97. The third-order valence-electron chi connectivity index (χ3n) is 3.42. The van der Waals surface area contributed by atoms with Gasteiger partial charge in [-0.3, -0.25) is 10.1 Å². The monoisotopic (exact) mass is 291 g/mol. The molecule has 1 N–H and O–H groups in total. The molecule has 110 valence electrons. The quantitative estimate of drug-likeness (QED) is 0.673. The lowest BCUT2D eigenvalue weighted by Crippen LogP contribution is -2.30. The summed E-state index contributed by atoms with van der Waals surface area (Å²) in [4.78, 5) is 14.7. The predicted octanol–water partition coefficient (Wildman–Crippen LogP) is 1.51. The van der Waals surface area contributed by atoms with E-state index in [0.717, 1.165) is 0 Å². The van der Waals surface area contributed by atoms with Crippen LogP contribution in [-0.4, -0.2) is 39.5 Å². The van der Waals surface area contributed by atoms with E-state index in [1.165, 1.54) is 6.07 Å². The van der Waals surface area contributed by atoms with Crippen LogP contribution in [0.4, 0.5) is 5.69 Å². The van der Waals surface area contributed by atoms with Gasteiger partial charge < -0.3 is 14.4 Å².